The maximum absolute atomic E-state index is 12.2. The molecule has 1 atom stereocenters. The Hall–Kier alpha value is -1.11. The standard InChI is InChI=1S/C12H14ClNO4S/c13-10-4-1-3-9(7-10)8-19(17,18)14-6-2-5-11(14)12(15)16/h1,3-4,7,11H,2,5-6,8H2,(H,15,16)/t11-/m0/s1. The van der Waals surface area contributed by atoms with Gasteiger partial charge in [-0.3, -0.25) is 4.79 Å². The molecular weight excluding hydrogens is 290 g/mol. The van der Waals surface area contributed by atoms with Gasteiger partial charge in [-0.05, 0) is 30.5 Å². The molecule has 1 N–H and O–H groups in total. The van der Waals surface area contributed by atoms with Gasteiger partial charge in [-0.25, -0.2) is 8.42 Å². The topological polar surface area (TPSA) is 74.7 Å². The van der Waals surface area contributed by atoms with Crippen LogP contribution in [-0.4, -0.2) is 36.4 Å². The minimum atomic E-state index is -3.63. The third kappa shape index (κ3) is 3.26. The van der Waals surface area contributed by atoms with Crippen LogP contribution < -0.4 is 0 Å². The molecule has 7 heteroatoms. The van der Waals surface area contributed by atoms with Crippen LogP contribution in [0.4, 0.5) is 0 Å². The number of nitrogens with zero attached hydrogens (tertiary/aromatic N) is 1. The summed E-state index contributed by atoms with van der Waals surface area (Å²) in [6.45, 7) is 0.264. The highest BCUT2D eigenvalue weighted by molar-refractivity contribution is 7.88. The molecule has 0 bridgehead atoms. The summed E-state index contributed by atoms with van der Waals surface area (Å²) in [6.07, 6.45) is 0.940. The van der Waals surface area contributed by atoms with Gasteiger partial charge in [0.2, 0.25) is 10.0 Å². The molecule has 1 saturated heterocycles. The lowest BCUT2D eigenvalue weighted by molar-refractivity contribution is -0.140. The first-order valence-corrected chi connectivity index (χ1v) is 7.85. The number of carbonyl (C=O) groups is 1. The minimum Gasteiger partial charge on any atom is -0.480 e. The van der Waals surface area contributed by atoms with Gasteiger partial charge in [0.15, 0.2) is 0 Å². The fourth-order valence-electron chi connectivity index (χ4n) is 2.24. The van der Waals surface area contributed by atoms with E-state index in [9.17, 15) is 13.2 Å². The van der Waals surface area contributed by atoms with Crippen molar-refractivity contribution in [3.8, 4) is 0 Å². The molecule has 0 amide bonds. The molecule has 0 saturated carbocycles. The van der Waals surface area contributed by atoms with E-state index < -0.39 is 22.0 Å². The van der Waals surface area contributed by atoms with Crippen molar-refractivity contribution in [2.45, 2.75) is 24.6 Å². The second-order valence-electron chi connectivity index (χ2n) is 4.49. The SMILES string of the molecule is O=C(O)[C@@H]1CCCN1S(=O)(=O)Cc1cccc(Cl)c1. The Kier molecular flexibility index (Phi) is 4.13. The van der Waals surface area contributed by atoms with Crippen LogP contribution in [0.15, 0.2) is 24.3 Å². The number of rotatable bonds is 4. The molecule has 0 radical (unpaired) electrons. The van der Waals surface area contributed by atoms with Gasteiger partial charge >= 0.3 is 5.97 Å². The monoisotopic (exact) mass is 303 g/mol. The van der Waals surface area contributed by atoms with Crippen LogP contribution in [-0.2, 0) is 20.6 Å². The third-order valence-electron chi connectivity index (χ3n) is 3.08. The Morgan fingerprint density at radius 3 is 2.84 bits per heavy atom. The van der Waals surface area contributed by atoms with Gasteiger partial charge in [-0.1, -0.05) is 23.7 Å². The lowest BCUT2D eigenvalue weighted by atomic mass is 10.2. The lowest BCUT2D eigenvalue weighted by Crippen LogP contribution is -2.40. The van der Waals surface area contributed by atoms with E-state index in [4.69, 9.17) is 16.7 Å². The summed E-state index contributed by atoms with van der Waals surface area (Å²) in [7, 11) is -3.63. The number of aliphatic carboxylic acids is 1. The molecule has 1 heterocycles. The molecule has 19 heavy (non-hydrogen) atoms. The number of benzene rings is 1. The average molecular weight is 304 g/mol. The predicted octanol–water partition coefficient (Wildman–Crippen LogP) is 1.72. The van der Waals surface area contributed by atoms with E-state index in [1.54, 1.807) is 24.3 Å². The molecule has 1 fully saturated rings. The molecule has 0 aliphatic carbocycles. The van der Waals surface area contributed by atoms with E-state index in [1.165, 1.54) is 0 Å². The van der Waals surface area contributed by atoms with E-state index in [0.717, 1.165) is 4.31 Å². The molecule has 1 aliphatic rings. The van der Waals surface area contributed by atoms with E-state index in [1.807, 2.05) is 0 Å². The van der Waals surface area contributed by atoms with Gasteiger partial charge in [-0.2, -0.15) is 4.31 Å². The van der Waals surface area contributed by atoms with Gasteiger partial charge in [0, 0.05) is 11.6 Å². The molecule has 0 spiro atoms. The number of halogens is 1. The Balaban J connectivity index is 2.21. The zero-order valence-electron chi connectivity index (χ0n) is 10.1. The van der Waals surface area contributed by atoms with Crippen LogP contribution in [0.1, 0.15) is 18.4 Å². The molecule has 1 aromatic rings. The Bertz CT molecular complexity index is 587. The third-order valence-corrected chi connectivity index (χ3v) is 5.17. The van der Waals surface area contributed by atoms with Crippen molar-refractivity contribution in [2.24, 2.45) is 0 Å². The summed E-state index contributed by atoms with van der Waals surface area (Å²) >= 11 is 5.81. The van der Waals surface area contributed by atoms with Crippen LogP contribution in [0.25, 0.3) is 0 Å². The number of carboxylic acids is 1. The lowest BCUT2D eigenvalue weighted by Gasteiger charge is -2.20. The van der Waals surface area contributed by atoms with Gasteiger partial charge in [0.1, 0.15) is 6.04 Å². The van der Waals surface area contributed by atoms with Gasteiger partial charge < -0.3 is 5.11 Å². The Morgan fingerprint density at radius 2 is 2.21 bits per heavy atom. The zero-order valence-corrected chi connectivity index (χ0v) is 11.7. The molecule has 5 nitrogen and oxygen atoms in total. The van der Waals surface area contributed by atoms with E-state index in [-0.39, 0.29) is 12.3 Å². The number of sulfonamides is 1. The molecule has 1 aliphatic heterocycles. The van der Waals surface area contributed by atoms with Crippen LogP contribution in [0.3, 0.4) is 0 Å². The average Bonchev–Trinajstić information content (AvgIpc) is 2.77. The van der Waals surface area contributed by atoms with E-state index in [0.29, 0.717) is 23.4 Å². The quantitative estimate of drug-likeness (QED) is 0.919. The number of hydrogen-bond acceptors (Lipinski definition) is 3. The summed E-state index contributed by atoms with van der Waals surface area (Å²) in [5.41, 5.74) is 0.559. The fourth-order valence-corrected chi connectivity index (χ4v) is 4.21. The van der Waals surface area contributed by atoms with Crippen LogP contribution in [0, 0.1) is 0 Å². The fraction of sp³-hybridized carbons (Fsp3) is 0.417. The summed E-state index contributed by atoms with van der Waals surface area (Å²) in [4.78, 5) is 11.0. The zero-order chi connectivity index (χ0) is 14.0. The van der Waals surface area contributed by atoms with Crippen molar-refractivity contribution in [3.05, 3.63) is 34.9 Å². The predicted molar refractivity (Wildman–Crippen MR) is 71.4 cm³/mol. The first kappa shape index (κ1) is 14.3. The van der Waals surface area contributed by atoms with Crippen LogP contribution in [0.5, 0.6) is 0 Å². The van der Waals surface area contributed by atoms with Crippen LogP contribution >= 0.6 is 11.6 Å². The Morgan fingerprint density at radius 1 is 1.47 bits per heavy atom. The highest BCUT2D eigenvalue weighted by Crippen LogP contribution is 2.24. The number of hydrogen-bond donors (Lipinski definition) is 1. The second kappa shape index (κ2) is 5.48. The smallest absolute Gasteiger partial charge is 0.322 e. The first-order chi connectivity index (χ1) is 8.90. The van der Waals surface area contributed by atoms with Crippen molar-refractivity contribution >= 4 is 27.6 Å². The molecular formula is C12H14ClNO4S. The summed E-state index contributed by atoms with van der Waals surface area (Å²) in [5, 5.41) is 9.49. The molecule has 2 rings (SSSR count). The first-order valence-electron chi connectivity index (χ1n) is 5.87. The highest BCUT2D eigenvalue weighted by Gasteiger charge is 2.38. The van der Waals surface area contributed by atoms with E-state index in [2.05, 4.69) is 0 Å². The van der Waals surface area contributed by atoms with E-state index >= 15 is 0 Å². The van der Waals surface area contributed by atoms with Gasteiger partial charge in [-0.15, -0.1) is 0 Å². The minimum absolute atomic E-state index is 0.225. The normalized spacial score (nSPS) is 20.6. The maximum Gasteiger partial charge on any atom is 0.322 e. The second-order valence-corrected chi connectivity index (χ2v) is 6.85. The number of carboxylic acid groups (broad SMARTS) is 1. The molecule has 104 valence electrons. The summed E-state index contributed by atoms with van der Waals surface area (Å²) in [5.74, 6) is -1.32. The van der Waals surface area contributed by atoms with Crippen molar-refractivity contribution in [2.75, 3.05) is 6.54 Å². The molecule has 0 aromatic heterocycles. The highest BCUT2D eigenvalue weighted by atomic mass is 35.5. The molecule has 0 unspecified atom stereocenters. The molecule has 1 aromatic carbocycles. The van der Waals surface area contributed by atoms with Crippen LogP contribution in [0.2, 0.25) is 5.02 Å². The van der Waals surface area contributed by atoms with Gasteiger partial charge in [0.25, 0.3) is 0 Å². The summed E-state index contributed by atoms with van der Waals surface area (Å²) < 4.78 is 25.6. The van der Waals surface area contributed by atoms with Gasteiger partial charge in [0.05, 0.1) is 5.75 Å². The largest absolute Gasteiger partial charge is 0.480 e. The summed E-state index contributed by atoms with van der Waals surface area (Å²) in [6, 6.07) is 5.63. The van der Waals surface area contributed by atoms with Crippen molar-refractivity contribution in [1.29, 1.82) is 0 Å². The van der Waals surface area contributed by atoms with Crippen molar-refractivity contribution in [1.82, 2.24) is 4.31 Å². The van der Waals surface area contributed by atoms with Crippen molar-refractivity contribution < 1.29 is 18.3 Å². The van der Waals surface area contributed by atoms with Crippen molar-refractivity contribution in [3.63, 3.8) is 0 Å². The maximum atomic E-state index is 12.2. The Labute approximate surface area is 116 Å².